The normalized spacial score (nSPS) is 11.3. The van der Waals surface area contributed by atoms with Gasteiger partial charge in [0.2, 0.25) is 6.41 Å². The summed E-state index contributed by atoms with van der Waals surface area (Å²) >= 11 is 0. The summed E-state index contributed by atoms with van der Waals surface area (Å²) in [7, 11) is 1.20. The average Bonchev–Trinajstić information content (AvgIpc) is 2.13. The van der Waals surface area contributed by atoms with E-state index in [1.165, 1.54) is 10.2 Å². The lowest BCUT2D eigenvalue weighted by Crippen LogP contribution is -2.39. The van der Waals surface area contributed by atoms with Gasteiger partial charge in [0.25, 0.3) is 0 Å². The molecule has 0 fully saturated rings. The molecule has 0 atom stereocenters. The van der Waals surface area contributed by atoms with Crippen molar-refractivity contribution in [2.24, 2.45) is 0 Å². The van der Waals surface area contributed by atoms with Crippen LogP contribution in [0.3, 0.4) is 0 Å². The van der Waals surface area contributed by atoms with Crippen molar-refractivity contribution in [3.63, 3.8) is 0 Å². The van der Waals surface area contributed by atoms with E-state index in [1.807, 2.05) is 13.8 Å². The molecule has 0 aliphatic heterocycles. The van der Waals surface area contributed by atoms with Crippen LogP contribution in [0.15, 0.2) is 0 Å². The molecule has 0 aliphatic carbocycles. The molecule has 0 bridgehead atoms. The van der Waals surface area contributed by atoms with E-state index in [9.17, 15) is 0 Å². The van der Waals surface area contributed by atoms with Crippen LogP contribution >= 0.6 is 0 Å². The molecular weight excluding hydrogens is 184 g/mol. The van der Waals surface area contributed by atoms with Crippen LogP contribution in [0, 0.1) is 0 Å². The van der Waals surface area contributed by atoms with E-state index in [2.05, 4.69) is 10.6 Å². The molecule has 0 saturated heterocycles. The van der Waals surface area contributed by atoms with E-state index in [4.69, 9.17) is 9.47 Å². The highest BCUT2D eigenvalue weighted by Crippen LogP contribution is 1.89. The molecule has 80 valence electrons. The molecule has 0 heterocycles. The Kier molecular flexibility index (Phi) is 10.2. The van der Waals surface area contributed by atoms with Gasteiger partial charge in [0, 0.05) is 36.5 Å². The van der Waals surface area contributed by atoms with Crippen molar-refractivity contribution >= 4 is 10.2 Å². The number of hydrogen-bond donors (Lipinski definition) is 2. The first kappa shape index (κ1) is 13.1. The Morgan fingerprint density at radius 1 is 1.15 bits per heavy atom. The first-order chi connectivity index (χ1) is 6.35. The van der Waals surface area contributed by atoms with Crippen LogP contribution in [0.4, 0.5) is 0 Å². The predicted molar refractivity (Wildman–Crippen MR) is 57.9 cm³/mol. The highest BCUT2D eigenvalue weighted by molar-refractivity contribution is 6.08. The Hall–Kier alpha value is 0.0569. The molecule has 4 nitrogen and oxygen atoms in total. The first-order valence-electron chi connectivity index (χ1n) is 5.02. The lowest BCUT2D eigenvalue weighted by molar-refractivity contribution is -0.154. The minimum absolute atomic E-state index is 0.245. The molecule has 2 N–H and O–H groups in total. The number of ether oxygens (including phenoxy) is 2. The van der Waals surface area contributed by atoms with E-state index in [1.54, 1.807) is 0 Å². The van der Waals surface area contributed by atoms with E-state index in [-0.39, 0.29) is 6.41 Å². The van der Waals surface area contributed by atoms with Gasteiger partial charge in [-0.1, -0.05) is 0 Å². The average molecular weight is 206 g/mol. The Balaban J connectivity index is 3.33. The van der Waals surface area contributed by atoms with Gasteiger partial charge in [-0.05, 0) is 20.0 Å². The highest BCUT2D eigenvalue weighted by atomic mass is 28.1. The smallest absolute Gasteiger partial charge is 0.216 e. The van der Waals surface area contributed by atoms with Gasteiger partial charge in [-0.3, -0.25) is 5.32 Å². The van der Waals surface area contributed by atoms with Crippen molar-refractivity contribution in [1.29, 1.82) is 0 Å². The molecule has 0 unspecified atom stereocenters. The predicted octanol–water partition coefficient (Wildman–Crippen LogP) is -1.15. The van der Waals surface area contributed by atoms with Crippen LogP contribution in [-0.4, -0.2) is 49.1 Å². The van der Waals surface area contributed by atoms with Crippen molar-refractivity contribution in [1.82, 2.24) is 10.6 Å². The molecule has 5 heteroatoms. The Labute approximate surface area is 83.8 Å². The Bertz CT molecular complexity index is 100. The molecule has 13 heavy (non-hydrogen) atoms. The maximum absolute atomic E-state index is 5.31. The van der Waals surface area contributed by atoms with E-state index < -0.39 is 0 Å². The minimum atomic E-state index is -0.245. The van der Waals surface area contributed by atoms with Gasteiger partial charge in [-0.25, -0.2) is 0 Å². The summed E-state index contributed by atoms with van der Waals surface area (Å²) in [5.41, 5.74) is 0. The Morgan fingerprint density at radius 2 is 1.77 bits per heavy atom. The van der Waals surface area contributed by atoms with Crippen LogP contribution in [0.1, 0.15) is 13.8 Å². The molecule has 0 spiro atoms. The number of nitrogens with one attached hydrogen (secondary N) is 2. The van der Waals surface area contributed by atoms with Crippen molar-refractivity contribution < 1.29 is 9.47 Å². The van der Waals surface area contributed by atoms with Crippen LogP contribution in [0.2, 0.25) is 0 Å². The Morgan fingerprint density at radius 3 is 2.23 bits per heavy atom. The van der Waals surface area contributed by atoms with Crippen molar-refractivity contribution in [3.05, 3.63) is 0 Å². The summed E-state index contributed by atoms with van der Waals surface area (Å²) in [5.74, 6) is 0. The van der Waals surface area contributed by atoms with Gasteiger partial charge in [-0.2, -0.15) is 0 Å². The zero-order valence-corrected chi connectivity index (χ0v) is 10.9. The fourth-order valence-electron chi connectivity index (χ4n) is 0.924. The van der Waals surface area contributed by atoms with Gasteiger partial charge >= 0.3 is 0 Å². The van der Waals surface area contributed by atoms with Gasteiger partial charge < -0.3 is 14.8 Å². The summed E-state index contributed by atoms with van der Waals surface area (Å²) in [5, 5.41) is 6.44. The summed E-state index contributed by atoms with van der Waals surface area (Å²) in [6.07, 6.45) is 0.890. The van der Waals surface area contributed by atoms with Gasteiger partial charge in [-0.15, -0.1) is 0 Å². The molecule has 0 rings (SSSR count). The van der Waals surface area contributed by atoms with E-state index >= 15 is 0 Å². The van der Waals surface area contributed by atoms with E-state index in [0.717, 1.165) is 19.3 Å². The second-order valence-electron chi connectivity index (χ2n) is 2.55. The first-order valence-corrected chi connectivity index (χ1v) is 6.43. The van der Waals surface area contributed by atoms with Gasteiger partial charge in [0.05, 0.1) is 0 Å². The third-order valence-corrected chi connectivity index (χ3v) is 2.00. The van der Waals surface area contributed by atoms with E-state index in [0.29, 0.717) is 13.2 Å². The van der Waals surface area contributed by atoms with Crippen molar-refractivity contribution in [2.75, 3.05) is 32.5 Å². The topological polar surface area (TPSA) is 42.5 Å². The maximum Gasteiger partial charge on any atom is 0.216 e. The fourth-order valence-corrected chi connectivity index (χ4v) is 1.28. The minimum Gasteiger partial charge on any atom is -0.340 e. The van der Waals surface area contributed by atoms with Crippen LogP contribution < -0.4 is 10.6 Å². The second-order valence-corrected chi connectivity index (χ2v) is 3.26. The van der Waals surface area contributed by atoms with Crippen LogP contribution in [-0.2, 0) is 9.47 Å². The molecule has 0 aromatic carbocycles. The zero-order valence-electron chi connectivity index (χ0n) is 8.93. The quantitative estimate of drug-likeness (QED) is 0.284. The highest BCUT2D eigenvalue weighted by Gasteiger charge is 2.04. The SMILES string of the molecule is CCOC(NCCNC[SiH3])OCC. The summed E-state index contributed by atoms with van der Waals surface area (Å²) in [6.45, 7) is 7.12. The third kappa shape index (κ3) is 8.39. The molecule has 0 amide bonds. The number of hydrogen-bond acceptors (Lipinski definition) is 4. The van der Waals surface area contributed by atoms with Gasteiger partial charge in [0.15, 0.2) is 0 Å². The van der Waals surface area contributed by atoms with Crippen molar-refractivity contribution in [3.8, 4) is 0 Å². The lowest BCUT2D eigenvalue weighted by atomic mass is 10.6. The molecule has 0 saturated carbocycles. The summed E-state index contributed by atoms with van der Waals surface area (Å²) < 4.78 is 10.6. The summed E-state index contributed by atoms with van der Waals surface area (Å²) in [4.78, 5) is 0. The fraction of sp³-hybridized carbons (Fsp3) is 1.00. The van der Waals surface area contributed by atoms with Crippen molar-refractivity contribution in [2.45, 2.75) is 20.3 Å². The molecule has 0 radical (unpaired) electrons. The standard InChI is InChI=1S/C8H22N2O2Si/c1-3-11-8(12-4-2)10-6-5-9-7-13/h8-10H,3-7H2,1-2,13H3. The largest absolute Gasteiger partial charge is 0.340 e. The van der Waals surface area contributed by atoms with Gasteiger partial charge in [0.1, 0.15) is 0 Å². The zero-order chi connectivity index (χ0) is 9.94. The third-order valence-electron chi connectivity index (χ3n) is 1.50. The maximum atomic E-state index is 5.31. The molecule has 0 aliphatic rings. The second kappa shape index (κ2) is 10.1. The summed E-state index contributed by atoms with van der Waals surface area (Å²) in [6, 6.07) is 0. The molecule has 0 aromatic rings. The van der Waals surface area contributed by atoms with Crippen LogP contribution in [0.25, 0.3) is 0 Å². The molecular formula is C8H22N2O2Si. The monoisotopic (exact) mass is 206 g/mol. The lowest BCUT2D eigenvalue weighted by Gasteiger charge is -2.18. The van der Waals surface area contributed by atoms with Crippen LogP contribution in [0.5, 0.6) is 0 Å². The number of rotatable bonds is 9. The molecule has 0 aromatic heterocycles.